The summed E-state index contributed by atoms with van der Waals surface area (Å²) in [6.07, 6.45) is 8.04. The van der Waals surface area contributed by atoms with Gasteiger partial charge in [0.25, 0.3) is 0 Å². The molecule has 0 radical (unpaired) electrons. The molecule has 1 fully saturated rings. The molecule has 78 valence electrons. The standard InChI is InChI=1S/C11H17NO2/c13-11(14)10-6-9(7-12-10)8-4-2-1-3-5-8/h4,9-10,12H,1-3,5-7H2,(H,13,14)/t9-,10-/m0/s1. The summed E-state index contributed by atoms with van der Waals surface area (Å²) in [4.78, 5) is 10.7. The Labute approximate surface area is 84.2 Å². The fraction of sp³-hybridized carbons (Fsp3) is 0.727. The van der Waals surface area contributed by atoms with E-state index < -0.39 is 5.97 Å². The molecular formula is C11H17NO2. The third kappa shape index (κ3) is 1.98. The van der Waals surface area contributed by atoms with Gasteiger partial charge in [0.05, 0.1) is 0 Å². The Balaban J connectivity index is 1.94. The summed E-state index contributed by atoms with van der Waals surface area (Å²) in [7, 11) is 0. The minimum atomic E-state index is -0.705. The highest BCUT2D eigenvalue weighted by molar-refractivity contribution is 5.74. The third-order valence-electron chi connectivity index (χ3n) is 3.28. The van der Waals surface area contributed by atoms with Gasteiger partial charge in [-0.1, -0.05) is 11.6 Å². The first-order chi connectivity index (χ1) is 6.77. The van der Waals surface area contributed by atoms with Crippen molar-refractivity contribution >= 4 is 5.97 Å². The molecule has 1 heterocycles. The fourth-order valence-electron chi connectivity index (χ4n) is 2.44. The fourth-order valence-corrected chi connectivity index (χ4v) is 2.44. The Bertz CT molecular complexity index is 260. The zero-order valence-corrected chi connectivity index (χ0v) is 8.33. The molecule has 3 heteroatoms. The van der Waals surface area contributed by atoms with Crippen molar-refractivity contribution in [2.75, 3.05) is 6.54 Å². The maximum absolute atomic E-state index is 10.7. The lowest BCUT2D eigenvalue weighted by Crippen LogP contribution is -2.29. The summed E-state index contributed by atoms with van der Waals surface area (Å²) in [6, 6.07) is -0.317. The van der Waals surface area contributed by atoms with Gasteiger partial charge in [0.2, 0.25) is 0 Å². The molecule has 3 nitrogen and oxygen atoms in total. The second-order valence-corrected chi connectivity index (χ2v) is 4.26. The minimum absolute atomic E-state index is 0.317. The maximum Gasteiger partial charge on any atom is 0.320 e. The number of carbonyl (C=O) groups is 1. The maximum atomic E-state index is 10.7. The van der Waals surface area contributed by atoms with Gasteiger partial charge in [-0.3, -0.25) is 4.79 Å². The van der Waals surface area contributed by atoms with Crippen LogP contribution in [-0.2, 0) is 4.79 Å². The first-order valence-corrected chi connectivity index (χ1v) is 5.42. The molecule has 2 aliphatic rings. The second-order valence-electron chi connectivity index (χ2n) is 4.26. The van der Waals surface area contributed by atoms with Crippen LogP contribution in [0.1, 0.15) is 32.1 Å². The summed E-state index contributed by atoms with van der Waals surface area (Å²) < 4.78 is 0. The van der Waals surface area contributed by atoms with Gasteiger partial charge in [0.15, 0.2) is 0 Å². The zero-order valence-electron chi connectivity index (χ0n) is 8.33. The molecule has 2 rings (SSSR count). The van der Waals surface area contributed by atoms with Crippen molar-refractivity contribution in [3.63, 3.8) is 0 Å². The largest absolute Gasteiger partial charge is 0.480 e. The van der Waals surface area contributed by atoms with E-state index in [2.05, 4.69) is 11.4 Å². The van der Waals surface area contributed by atoms with Crippen LogP contribution in [-0.4, -0.2) is 23.7 Å². The predicted molar refractivity (Wildman–Crippen MR) is 54.1 cm³/mol. The highest BCUT2D eigenvalue weighted by Crippen LogP contribution is 2.29. The molecule has 0 unspecified atom stereocenters. The van der Waals surface area contributed by atoms with E-state index >= 15 is 0 Å². The number of hydrogen-bond donors (Lipinski definition) is 2. The van der Waals surface area contributed by atoms with Gasteiger partial charge >= 0.3 is 5.97 Å². The Morgan fingerprint density at radius 3 is 2.93 bits per heavy atom. The third-order valence-corrected chi connectivity index (χ3v) is 3.28. The van der Waals surface area contributed by atoms with Crippen LogP contribution in [0.5, 0.6) is 0 Å². The van der Waals surface area contributed by atoms with E-state index in [4.69, 9.17) is 5.11 Å². The van der Waals surface area contributed by atoms with E-state index in [1.807, 2.05) is 0 Å². The van der Waals surface area contributed by atoms with Gasteiger partial charge in [-0.25, -0.2) is 0 Å². The number of carboxylic acids is 1. The van der Waals surface area contributed by atoms with Crippen LogP contribution in [0, 0.1) is 5.92 Å². The zero-order chi connectivity index (χ0) is 9.97. The summed E-state index contributed by atoms with van der Waals surface area (Å²) in [5.41, 5.74) is 1.49. The average Bonchev–Trinajstić information content (AvgIpc) is 2.68. The quantitative estimate of drug-likeness (QED) is 0.657. The predicted octanol–water partition coefficient (Wildman–Crippen LogP) is 1.55. The van der Waals surface area contributed by atoms with Gasteiger partial charge in [0, 0.05) is 6.54 Å². The molecule has 0 amide bonds. The Hall–Kier alpha value is -0.830. The van der Waals surface area contributed by atoms with E-state index in [0.29, 0.717) is 5.92 Å². The minimum Gasteiger partial charge on any atom is -0.480 e. The molecule has 0 aromatic rings. The van der Waals surface area contributed by atoms with Gasteiger partial charge in [-0.15, -0.1) is 0 Å². The Morgan fingerprint density at radius 1 is 1.50 bits per heavy atom. The average molecular weight is 195 g/mol. The second kappa shape index (κ2) is 4.13. The first-order valence-electron chi connectivity index (χ1n) is 5.42. The van der Waals surface area contributed by atoms with Crippen molar-refractivity contribution in [1.82, 2.24) is 5.32 Å². The van der Waals surface area contributed by atoms with E-state index in [9.17, 15) is 4.79 Å². The van der Waals surface area contributed by atoms with Crippen molar-refractivity contribution in [1.29, 1.82) is 0 Å². The van der Waals surface area contributed by atoms with Crippen molar-refractivity contribution in [2.24, 2.45) is 5.92 Å². The number of nitrogens with one attached hydrogen (secondary N) is 1. The number of aliphatic carboxylic acids is 1. The van der Waals surface area contributed by atoms with Crippen LogP contribution >= 0.6 is 0 Å². The number of allylic oxidation sites excluding steroid dienone is 1. The van der Waals surface area contributed by atoms with Crippen LogP contribution in [0.2, 0.25) is 0 Å². The van der Waals surface area contributed by atoms with E-state index in [1.54, 1.807) is 0 Å². The molecule has 0 aromatic heterocycles. The van der Waals surface area contributed by atoms with Gasteiger partial charge in [-0.2, -0.15) is 0 Å². The molecular weight excluding hydrogens is 178 g/mol. The SMILES string of the molecule is O=C(O)[C@@H]1C[C@H](C2=CCCCC2)CN1. The van der Waals surface area contributed by atoms with E-state index in [1.165, 1.54) is 31.3 Å². The van der Waals surface area contributed by atoms with Gasteiger partial charge in [-0.05, 0) is 38.0 Å². The summed E-state index contributed by atoms with van der Waals surface area (Å²) >= 11 is 0. The smallest absolute Gasteiger partial charge is 0.320 e. The molecule has 2 atom stereocenters. The molecule has 0 saturated carbocycles. The van der Waals surface area contributed by atoms with Gasteiger partial charge in [0.1, 0.15) is 6.04 Å². The van der Waals surface area contributed by atoms with Crippen LogP contribution in [0.15, 0.2) is 11.6 Å². The summed E-state index contributed by atoms with van der Waals surface area (Å²) in [5, 5.41) is 11.9. The molecule has 0 aromatic carbocycles. The molecule has 0 bridgehead atoms. The van der Waals surface area contributed by atoms with Gasteiger partial charge < -0.3 is 10.4 Å². The summed E-state index contributed by atoms with van der Waals surface area (Å²) in [5.74, 6) is -0.222. The van der Waals surface area contributed by atoms with E-state index in [0.717, 1.165) is 13.0 Å². The molecule has 1 saturated heterocycles. The lowest BCUT2D eigenvalue weighted by atomic mass is 9.88. The van der Waals surface area contributed by atoms with Crippen molar-refractivity contribution in [3.8, 4) is 0 Å². The first kappa shape index (κ1) is 9.71. The molecule has 2 N–H and O–H groups in total. The normalized spacial score (nSPS) is 32.7. The Morgan fingerprint density at radius 2 is 2.36 bits per heavy atom. The summed E-state index contributed by atoms with van der Waals surface area (Å²) in [6.45, 7) is 0.850. The van der Waals surface area contributed by atoms with Crippen LogP contribution in [0.4, 0.5) is 0 Å². The van der Waals surface area contributed by atoms with Crippen molar-refractivity contribution in [3.05, 3.63) is 11.6 Å². The lowest BCUT2D eigenvalue weighted by molar-refractivity contribution is -0.139. The lowest BCUT2D eigenvalue weighted by Gasteiger charge is -2.17. The Kier molecular flexibility index (Phi) is 2.87. The molecule has 14 heavy (non-hydrogen) atoms. The van der Waals surface area contributed by atoms with Crippen molar-refractivity contribution in [2.45, 2.75) is 38.1 Å². The highest BCUT2D eigenvalue weighted by atomic mass is 16.4. The van der Waals surface area contributed by atoms with Crippen molar-refractivity contribution < 1.29 is 9.90 Å². The molecule has 0 spiro atoms. The monoisotopic (exact) mass is 195 g/mol. The highest BCUT2D eigenvalue weighted by Gasteiger charge is 2.31. The number of rotatable bonds is 2. The topological polar surface area (TPSA) is 49.3 Å². The number of carboxylic acid groups (broad SMARTS) is 1. The van der Waals surface area contributed by atoms with Crippen LogP contribution < -0.4 is 5.32 Å². The number of hydrogen-bond acceptors (Lipinski definition) is 2. The molecule has 1 aliphatic carbocycles. The van der Waals surface area contributed by atoms with E-state index in [-0.39, 0.29) is 6.04 Å². The van der Waals surface area contributed by atoms with Crippen LogP contribution in [0.25, 0.3) is 0 Å². The van der Waals surface area contributed by atoms with Crippen LogP contribution in [0.3, 0.4) is 0 Å². The molecule has 1 aliphatic heterocycles.